The van der Waals surface area contributed by atoms with Gasteiger partial charge in [-0.15, -0.1) is 0 Å². The van der Waals surface area contributed by atoms with Crippen LogP contribution in [-0.2, 0) is 0 Å². The molecule has 1 aliphatic rings. The Bertz CT molecular complexity index is 518. The number of thioether (sulfide) groups is 1. The molecule has 1 heterocycles. The molecular weight excluding hydrogens is 346 g/mol. The molecule has 1 atom stereocenters. The molecule has 1 unspecified atom stereocenters. The Labute approximate surface area is 130 Å². The highest BCUT2D eigenvalue weighted by atomic mass is 79.9. The van der Waals surface area contributed by atoms with E-state index in [1.807, 2.05) is 0 Å². The van der Waals surface area contributed by atoms with Gasteiger partial charge in [0, 0.05) is 11.3 Å². The summed E-state index contributed by atoms with van der Waals surface area (Å²) in [5, 5.41) is 4.10. The highest BCUT2D eigenvalue weighted by Gasteiger charge is 2.26. The van der Waals surface area contributed by atoms with Crippen LogP contribution in [0, 0.1) is 17.6 Å². The second-order valence-corrected chi connectivity index (χ2v) is 6.83. The maximum absolute atomic E-state index is 13.7. The van der Waals surface area contributed by atoms with Crippen molar-refractivity contribution < 1.29 is 8.78 Å². The SMILES string of the molecule is CCC(CC)C1CN=C(Nc2cc(Br)c(F)cc2F)S1. The van der Waals surface area contributed by atoms with Crippen LogP contribution in [0.2, 0.25) is 0 Å². The highest BCUT2D eigenvalue weighted by Crippen LogP contribution is 2.32. The van der Waals surface area contributed by atoms with E-state index < -0.39 is 11.6 Å². The number of aliphatic imine (C=N–C) groups is 1. The first-order chi connectivity index (χ1) is 9.55. The van der Waals surface area contributed by atoms with Crippen molar-refractivity contribution in [1.82, 2.24) is 0 Å². The van der Waals surface area contributed by atoms with Crippen LogP contribution in [0.25, 0.3) is 0 Å². The number of rotatable bonds is 4. The van der Waals surface area contributed by atoms with Crippen LogP contribution in [0.5, 0.6) is 0 Å². The third kappa shape index (κ3) is 3.52. The van der Waals surface area contributed by atoms with Crippen LogP contribution in [0.4, 0.5) is 14.5 Å². The van der Waals surface area contributed by atoms with E-state index in [-0.39, 0.29) is 10.2 Å². The maximum Gasteiger partial charge on any atom is 0.161 e. The Morgan fingerprint density at radius 2 is 2.05 bits per heavy atom. The summed E-state index contributed by atoms with van der Waals surface area (Å²) >= 11 is 4.70. The predicted octanol–water partition coefficient (Wildman–Crippen LogP) is 5.05. The van der Waals surface area contributed by atoms with Crippen molar-refractivity contribution in [2.45, 2.75) is 31.9 Å². The molecule has 0 saturated heterocycles. The summed E-state index contributed by atoms with van der Waals surface area (Å²) < 4.78 is 27.1. The topological polar surface area (TPSA) is 24.4 Å². The first-order valence-corrected chi connectivity index (χ1v) is 8.35. The first kappa shape index (κ1) is 15.8. The van der Waals surface area contributed by atoms with Crippen molar-refractivity contribution in [2.75, 3.05) is 11.9 Å². The highest BCUT2D eigenvalue weighted by molar-refractivity contribution is 9.10. The van der Waals surface area contributed by atoms with Gasteiger partial charge in [0.1, 0.15) is 11.6 Å². The van der Waals surface area contributed by atoms with Gasteiger partial charge >= 0.3 is 0 Å². The summed E-state index contributed by atoms with van der Waals surface area (Å²) in [6, 6.07) is 2.27. The fourth-order valence-electron chi connectivity index (χ4n) is 2.25. The molecule has 2 nitrogen and oxygen atoms in total. The minimum Gasteiger partial charge on any atom is -0.333 e. The van der Waals surface area contributed by atoms with Crippen LogP contribution in [0.15, 0.2) is 21.6 Å². The molecule has 1 aromatic carbocycles. The third-order valence-corrected chi connectivity index (χ3v) is 5.40. The predicted molar refractivity (Wildman–Crippen MR) is 85.4 cm³/mol. The van der Waals surface area contributed by atoms with Crippen molar-refractivity contribution >= 4 is 38.5 Å². The molecule has 0 spiro atoms. The van der Waals surface area contributed by atoms with Gasteiger partial charge in [-0.1, -0.05) is 38.5 Å². The molecule has 1 N–H and O–H groups in total. The van der Waals surface area contributed by atoms with Gasteiger partial charge in [-0.2, -0.15) is 0 Å². The van der Waals surface area contributed by atoms with Gasteiger partial charge in [0.15, 0.2) is 5.17 Å². The largest absolute Gasteiger partial charge is 0.333 e. The molecule has 2 rings (SSSR count). The van der Waals surface area contributed by atoms with Gasteiger partial charge in [-0.05, 0) is 27.9 Å². The maximum atomic E-state index is 13.7. The summed E-state index contributed by atoms with van der Waals surface area (Å²) in [5.74, 6) is -0.600. The van der Waals surface area contributed by atoms with Crippen molar-refractivity contribution in [3.63, 3.8) is 0 Å². The van der Waals surface area contributed by atoms with E-state index in [0.29, 0.717) is 16.3 Å². The van der Waals surface area contributed by atoms with Gasteiger partial charge in [-0.25, -0.2) is 8.78 Å². The molecular formula is C14H17BrF2N2S. The van der Waals surface area contributed by atoms with E-state index in [0.717, 1.165) is 25.5 Å². The number of nitrogens with one attached hydrogen (secondary N) is 1. The average Bonchev–Trinajstić information content (AvgIpc) is 2.86. The van der Waals surface area contributed by atoms with E-state index in [4.69, 9.17) is 0 Å². The second-order valence-electron chi connectivity index (χ2n) is 4.75. The molecule has 0 bridgehead atoms. The molecule has 20 heavy (non-hydrogen) atoms. The Morgan fingerprint density at radius 3 is 2.70 bits per heavy atom. The van der Waals surface area contributed by atoms with Crippen LogP contribution in [0.3, 0.4) is 0 Å². The zero-order valence-corrected chi connectivity index (χ0v) is 13.8. The van der Waals surface area contributed by atoms with Gasteiger partial charge in [0.05, 0.1) is 16.7 Å². The lowest BCUT2D eigenvalue weighted by atomic mass is 9.99. The van der Waals surface area contributed by atoms with E-state index in [1.165, 1.54) is 6.07 Å². The second kappa shape index (κ2) is 6.89. The molecule has 0 aliphatic carbocycles. The smallest absolute Gasteiger partial charge is 0.161 e. The fraction of sp³-hybridized carbons (Fsp3) is 0.500. The van der Waals surface area contributed by atoms with Gasteiger partial charge in [-0.3, -0.25) is 4.99 Å². The van der Waals surface area contributed by atoms with Gasteiger partial charge < -0.3 is 5.32 Å². The average molecular weight is 363 g/mol. The van der Waals surface area contributed by atoms with Crippen LogP contribution >= 0.6 is 27.7 Å². The first-order valence-electron chi connectivity index (χ1n) is 6.67. The standard InChI is InChI=1S/C14H17BrF2N2S/c1-3-8(4-2)13-7-18-14(20-13)19-12-5-9(15)10(16)6-11(12)17/h5-6,8,13H,3-4,7H2,1-2H3,(H,18,19). The van der Waals surface area contributed by atoms with Gasteiger partial charge in [0.2, 0.25) is 0 Å². The van der Waals surface area contributed by atoms with Crippen molar-refractivity contribution in [3.8, 4) is 0 Å². The number of hydrogen-bond donors (Lipinski definition) is 1. The molecule has 6 heteroatoms. The Morgan fingerprint density at radius 1 is 1.35 bits per heavy atom. The number of anilines is 1. The van der Waals surface area contributed by atoms with Crippen molar-refractivity contribution in [2.24, 2.45) is 10.9 Å². The van der Waals surface area contributed by atoms with Gasteiger partial charge in [0.25, 0.3) is 0 Å². The zero-order chi connectivity index (χ0) is 14.7. The van der Waals surface area contributed by atoms with Crippen LogP contribution in [-0.4, -0.2) is 17.0 Å². The van der Waals surface area contributed by atoms with Crippen LogP contribution in [0.1, 0.15) is 26.7 Å². The molecule has 0 fully saturated rings. The molecule has 0 radical (unpaired) electrons. The minimum absolute atomic E-state index is 0.238. The minimum atomic E-state index is -0.611. The molecule has 1 aliphatic heterocycles. The number of amidine groups is 1. The quantitative estimate of drug-likeness (QED) is 0.758. The molecule has 0 saturated carbocycles. The number of benzene rings is 1. The zero-order valence-electron chi connectivity index (χ0n) is 11.4. The molecule has 0 aromatic heterocycles. The lowest BCUT2D eigenvalue weighted by Gasteiger charge is -2.18. The monoisotopic (exact) mass is 362 g/mol. The number of nitrogens with zero attached hydrogens (tertiary/aromatic N) is 1. The lowest BCUT2D eigenvalue weighted by Crippen LogP contribution is -2.17. The van der Waals surface area contributed by atoms with E-state index >= 15 is 0 Å². The number of hydrogen-bond acceptors (Lipinski definition) is 3. The molecule has 110 valence electrons. The summed E-state index contributed by atoms with van der Waals surface area (Å²) in [6.07, 6.45) is 2.24. The number of halogens is 3. The van der Waals surface area contributed by atoms with E-state index in [9.17, 15) is 8.78 Å². The summed E-state index contributed by atoms with van der Waals surface area (Å²) in [5.41, 5.74) is 0.245. The van der Waals surface area contributed by atoms with Crippen LogP contribution < -0.4 is 5.32 Å². The summed E-state index contributed by atoms with van der Waals surface area (Å²) in [7, 11) is 0. The Hall–Kier alpha value is -0.620. The Kier molecular flexibility index (Phi) is 5.43. The Balaban J connectivity index is 2.04. The fourth-order valence-corrected chi connectivity index (χ4v) is 3.93. The van der Waals surface area contributed by atoms with Crippen molar-refractivity contribution in [1.29, 1.82) is 0 Å². The summed E-state index contributed by atoms with van der Waals surface area (Å²) in [4.78, 5) is 4.42. The van der Waals surface area contributed by atoms with E-state index in [1.54, 1.807) is 11.8 Å². The molecule has 1 aromatic rings. The summed E-state index contributed by atoms with van der Waals surface area (Å²) in [6.45, 7) is 5.11. The normalized spacial score (nSPS) is 18.5. The van der Waals surface area contributed by atoms with E-state index in [2.05, 4.69) is 40.1 Å². The lowest BCUT2D eigenvalue weighted by molar-refractivity contribution is 0.479. The molecule has 0 amide bonds. The van der Waals surface area contributed by atoms with Crippen molar-refractivity contribution in [3.05, 3.63) is 28.2 Å². The third-order valence-electron chi connectivity index (χ3n) is 3.50.